The van der Waals surface area contributed by atoms with Crippen molar-refractivity contribution in [1.29, 1.82) is 0 Å². The Balaban J connectivity index is 1.02. The molecule has 9 aromatic carbocycles. The first-order valence-corrected chi connectivity index (χ1v) is 18.4. The van der Waals surface area contributed by atoms with Crippen LogP contribution in [0, 0.1) is 0 Å². The minimum absolute atomic E-state index is 0.906. The van der Waals surface area contributed by atoms with Crippen molar-refractivity contribution in [2.24, 2.45) is 0 Å². The second-order valence-corrected chi connectivity index (χ2v) is 13.7. The predicted octanol–water partition coefficient (Wildman–Crippen LogP) is 14.9. The van der Waals surface area contributed by atoms with E-state index in [0.29, 0.717) is 0 Å². The Morgan fingerprint density at radius 1 is 0.296 bits per heavy atom. The van der Waals surface area contributed by atoms with Crippen molar-refractivity contribution in [3.8, 4) is 44.5 Å². The first kappa shape index (κ1) is 31.6. The number of hydrogen-bond acceptors (Lipinski definition) is 2. The van der Waals surface area contributed by atoms with Crippen LogP contribution in [0.4, 0.5) is 17.1 Å². The van der Waals surface area contributed by atoms with E-state index in [4.69, 9.17) is 4.42 Å². The van der Waals surface area contributed by atoms with Crippen LogP contribution in [0.2, 0.25) is 0 Å². The summed E-state index contributed by atoms with van der Waals surface area (Å²) >= 11 is 0. The maximum Gasteiger partial charge on any atom is 0.143 e. The van der Waals surface area contributed by atoms with Gasteiger partial charge in [0.2, 0.25) is 0 Å². The third-order valence-electron chi connectivity index (χ3n) is 10.5. The van der Waals surface area contributed by atoms with Crippen LogP contribution in [0.15, 0.2) is 217 Å². The summed E-state index contributed by atoms with van der Waals surface area (Å²) in [6.45, 7) is 0. The Morgan fingerprint density at radius 2 is 0.796 bits per heavy atom. The number of fused-ring (bicyclic) bond motifs is 4. The van der Waals surface area contributed by atoms with Crippen molar-refractivity contribution in [2.75, 3.05) is 4.90 Å². The Labute approximate surface area is 314 Å². The number of anilines is 3. The summed E-state index contributed by atoms with van der Waals surface area (Å²) in [4.78, 5) is 2.32. The molecule has 254 valence electrons. The summed E-state index contributed by atoms with van der Waals surface area (Å²) < 4.78 is 6.49. The molecule has 10 rings (SSSR count). The van der Waals surface area contributed by atoms with Crippen LogP contribution < -0.4 is 4.90 Å². The molecule has 1 aromatic heterocycles. The second kappa shape index (κ2) is 13.4. The summed E-state index contributed by atoms with van der Waals surface area (Å²) in [5.74, 6) is 0. The number of rotatable bonds is 7. The molecular formula is C52H35NO. The van der Waals surface area contributed by atoms with Crippen LogP contribution in [0.25, 0.3) is 77.2 Å². The van der Waals surface area contributed by atoms with E-state index in [9.17, 15) is 0 Å². The Kier molecular flexibility index (Phi) is 7.85. The van der Waals surface area contributed by atoms with Crippen molar-refractivity contribution in [1.82, 2.24) is 0 Å². The highest BCUT2D eigenvalue weighted by Crippen LogP contribution is 2.43. The van der Waals surface area contributed by atoms with Gasteiger partial charge in [-0.05, 0) is 98.2 Å². The third-order valence-corrected chi connectivity index (χ3v) is 10.5. The molecule has 0 amide bonds. The lowest BCUT2D eigenvalue weighted by Gasteiger charge is -2.26. The normalized spacial score (nSPS) is 11.3. The highest BCUT2D eigenvalue weighted by atomic mass is 16.3. The van der Waals surface area contributed by atoms with Crippen LogP contribution in [-0.2, 0) is 0 Å². The first-order valence-electron chi connectivity index (χ1n) is 18.4. The predicted molar refractivity (Wildman–Crippen MR) is 228 cm³/mol. The molecule has 0 aliphatic carbocycles. The van der Waals surface area contributed by atoms with Crippen molar-refractivity contribution < 1.29 is 4.42 Å². The fourth-order valence-electron chi connectivity index (χ4n) is 7.87. The van der Waals surface area contributed by atoms with Gasteiger partial charge < -0.3 is 9.32 Å². The quantitative estimate of drug-likeness (QED) is 0.166. The average Bonchev–Trinajstić information content (AvgIpc) is 3.64. The highest BCUT2D eigenvalue weighted by Gasteiger charge is 2.18. The molecule has 10 aromatic rings. The molecule has 0 aliphatic heterocycles. The summed E-state index contributed by atoms with van der Waals surface area (Å²) in [6.07, 6.45) is 0. The van der Waals surface area contributed by atoms with Gasteiger partial charge in [-0.2, -0.15) is 0 Å². The number of furan rings is 1. The van der Waals surface area contributed by atoms with Gasteiger partial charge in [0.25, 0.3) is 0 Å². The molecule has 0 radical (unpaired) electrons. The van der Waals surface area contributed by atoms with Gasteiger partial charge in [0.15, 0.2) is 0 Å². The van der Waals surface area contributed by atoms with E-state index in [2.05, 4.69) is 205 Å². The molecule has 1 heterocycles. The molecule has 0 aliphatic rings. The molecule has 0 atom stereocenters. The van der Waals surface area contributed by atoms with Crippen molar-refractivity contribution in [3.05, 3.63) is 212 Å². The molecule has 0 N–H and O–H groups in total. The fourth-order valence-corrected chi connectivity index (χ4v) is 7.87. The monoisotopic (exact) mass is 689 g/mol. The Morgan fingerprint density at radius 3 is 1.54 bits per heavy atom. The van der Waals surface area contributed by atoms with Gasteiger partial charge in [0.1, 0.15) is 11.2 Å². The molecule has 0 spiro atoms. The molecule has 0 bridgehead atoms. The molecule has 2 heteroatoms. The lowest BCUT2D eigenvalue weighted by molar-refractivity contribution is 0.670. The van der Waals surface area contributed by atoms with Crippen LogP contribution in [-0.4, -0.2) is 0 Å². The molecular weight excluding hydrogens is 655 g/mol. The maximum absolute atomic E-state index is 6.49. The van der Waals surface area contributed by atoms with Gasteiger partial charge in [-0.1, -0.05) is 164 Å². The summed E-state index contributed by atoms with van der Waals surface area (Å²) in [5.41, 5.74) is 14.5. The number of hydrogen-bond donors (Lipinski definition) is 0. The zero-order valence-corrected chi connectivity index (χ0v) is 29.6. The number of nitrogens with zero attached hydrogens (tertiary/aromatic N) is 1. The molecule has 0 fully saturated rings. The zero-order valence-electron chi connectivity index (χ0n) is 29.6. The van der Waals surface area contributed by atoms with E-state index in [1.807, 2.05) is 12.1 Å². The smallest absolute Gasteiger partial charge is 0.143 e. The van der Waals surface area contributed by atoms with Crippen molar-refractivity contribution in [3.63, 3.8) is 0 Å². The first-order chi connectivity index (χ1) is 26.8. The van der Waals surface area contributed by atoms with Gasteiger partial charge in [-0.3, -0.25) is 0 Å². The van der Waals surface area contributed by atoms with Crippen LogP contribution in [0.3, 0.4) is 0 Å². The largest absolute Gasteiger partial charge is 0.455 e. The van der Waals surface area contributed by atoms with Gasteiger partial charge >= 0.3 is 0 Å². The lowest BCUT2D eigenvalue weighted by atomic mass is 9.89. The van der Waals surface area contributed by atoms with Gasteiger partial charge in [0, 0.05) is 33.4 Å². The zero-order chi connectivity index (χ0) is 35.8. The van der Waals surface area contributed by atoms with E-state index in [1.165, 1.54) is 38.6 Å². The van der Waals surface area contributed by atoms with Crippen LogP contribution in [0.5, 0.6) is 0 Å². The van der Waals surface area contributed by atoms with E-state index >= 15 is 0 Å². The topological polar surface area (TPSA) is 16.4 Å². The van der Waals surface area contributed by atoms with Crippen LogP contribution >= 0.6 is 0 Å². The van der Waals surface area contributed by atoms with E-state index in [-0.39, 0.29) is 0 Å². The summed E-state index contributed by atoms with van der Waals surface area (Å²) in [6, 6.07) is 75.8. The highest BCUT2D eigenvalue weighted by molar-refractivity contribution is 6.11. The molecule has 2 nitrogen and oxygen atoms in total. The van der Waals surface area contributed by atoms with Crippen molar-refractivity contribution >= 4 is 49.8 Å². The lowest BCUT2D eigenvalue weighted by Crippen LogP contribution is -2.09. The number of para-hydroxylation sites is 3. The number of benzene rings is 9. The van der Waals surface area contributed by atoms with Crippen molar-refractivity contribution in [2.45, 2.75) is 0 Å². The molecule has 0 saturated carbocycles. The maximum atomic E-state index is 6.49. The molecule has 0 saturated heterocycles. The SMILES string of the molecule is c1ccc(N(c2ccc(-c3ccc4ccccc4c3)cc2)c2ccc(-c3ccccc3-c3ccccc3-c3cccc4c3oc3ccccc34)cc2)cc1. The average molecular weight is 690 g/mol. The van der Waals surface area contributed by atoms with Crippen LogP contribution in [0.1, 0.15) is 0 Å². The molecule has 54 heavy (non-hydrogen) atoms. The third kappa shape index (κ3) is 5.62. The standard InChI is InChI=1S/C52H35NO/c1-2-15-41(16-3-1)53(42-31-27-37(28-32-42)40-26-25-36-13-4-5-14-39(36)35-40)43-33-29-38(30-34-43)44-17-6-7-18-45(44)46-19-8-9-20-47(46)49-22-12-23-50-48-21-10-11-24-51(48)54-52(49)50/h1-35H. The fraction of sp³-hybridized carbons (Fsp3) is 0. The van der Waals surface area contributed by atoms with Gasteiger partial charge in [-0.15, -0.1) is 0 Å². The van der Waals surface area contributed by atoms with E-state index in [1.54, 1.807) is 0 Å². The summed E-state index contributed by atoms with van der Waals surface area (Å²) in [5, 5.41) is 4.77. The van der Waals surface area contributed by atoms with Gasteiger partial charge in [-0.25, -0.2) is 0 Å². The Hall–Kier alpha value is -7.16. The Bertz CT molecular complexity index is 2920. The minimum atomic E-state index is 0.906. The van der Waals surface area contributed by atoms with E-state index < -0.39 is 0 Å². The summed E-state index contributed by atoms with van der Waals surface area (Å²) in [7, 11) is 0. The van der Waals surface area contributed by atoms with E-state index in [0.717, 1.165) is 55.7 Å². The minimum Gasteiger partial charge on any atom is -0.455 e. The molecule has 0 unspecified atom stereocenters. The second-order valence-electron chi connectivity index (χ2n) is 13.7. The van der Waals surface area contributed by atoms with Gasteiger partial charge in [0.05, 0.1) is 0 Å².